The summed E-state index contributed by atoms with van der Waals surface area (Å²) >= 11 is 0. The SMILES string of the molecule is CC(C)CC(C(=O)NC(CCc1ccccc1)C(=O)C(=O)O)c1cccc(-c2ccccc2)c1. The highest BCUT2D eigenvalue weighted by Gasteiger charge is 2.30. The Morgan fingerprint density at radius 1 is 0.824 bits per heavy atom. The lowest BCUT2D eigenvalue weighted by Crippen LogP contribution is -2.46. The van der Waals surface area contributed by atoms with Gasteiger partial charge in [-0.1, -0.05) is 98.8 Å². The van der Waals surface area contributed by atoms with Crippen LogP contribution in [-0.2, 0) is 20.8 Å². The maximum Gasteiger partial charge on any atom is 0.374 e. The second-order valence-electron chi connectivity index (χ2n) is 8.93. The lowest BCUT2D eigenvalue weighted by Gasteiger charge is -2.23. The molecule has 3 rings (SSSR count). The van der Waals surface area contributed by atoms with Crippen molar-refractivity contribution in [2.45, 2.75) is 45.1 Å². The molecule has 0 saturated heterocycles. The number of aliphatic carboxylic acids is 1. The molecule has 0 spiro atoms. The van der Waals surface area contributed by atoms with E-state index in [9.17, 15) is 19.5 Å². The number of Topliss-reactive ketones (excluding diaryl/α,β-unsaturated/α-hetero) is 1. The zero-order valence-electron chi connectivity index (χ0n) is 19.6. The maximum atomic E-state index is 13.4. The second-order valence-corrected chi connectivity index (χ2v) is 8.93. The minimum atomic E-state index is -1.54. The fraction of sp³-hybridized carbons (Fsp3) is 0.276. The number of carboxylic acid groups (broad SMARTS) is 1. The fourth-order valence-corrected chi connectivity index (χ4v) is 4.08. The first-order chi connectivity index (χ1) is 16.3. The van der Waals surface area contributed by atoms with E-state index in [0.29, 0.717) is 12.8 Å². The van der Waals surface area contributed by atoms with Crippen LogP contribution in [0.5, 0.6) is 0 Å². The summed E-state index contributed by atoms with van der Waals surface area (Å²) in [5.74, 6) is -3.12. The normalized spacial score (nSPS) is 12.7. The topological polar surface area (TPSA) is 83.5 Å². The van der Waals surface area contributed by atoms with E-state index < -0.39 is 23.7 Å². The van der Waals surface area contributed by atoms with Crippen LogP contribution in [0, 0.1) is 5.92 Å². The van der Waals surface area contributed by atoms with Gasteiger partial charge in [0.05, 0.1) is 12.0 Å². The van der Waals surface area contributed by atoms with E-state index in [0.717, 1.165) is 22.3 Å². The number of nitrogens with one attached hydrogen (secondary N) is 1. The molecule has 2 unspecified atom stereocenters. The van der Waals surface area contributed by atoms with Gasteiger partial charge in [0.25, 0.3) is 5.78 Å². The van der Waals surface area contributed by atoms with Crippen LogP contribution in [0.25, 0.3) is 11.1 Å². The van der Waals surface area contributed by atoms with E-state index in [1.54, 1.807) is 0 Å². The van der Waals surface area contributed by atoms with Gasteiger partial charge in [0.1, 0.15) is 0 Å². The van der Waals surface area contributed by atoms with Crippen LogP contribution in [0.3, 0.4) is 0 Å². The van der Waals surface area contributed by atoms with Gasteiger partial charge in [-0.05, 0) is 47.4 Å². The number of carboxylic acids is 1. The van der Waals surface area contributed by atoms with Crippen LogP contribution in [0.15, 0.2) is 84.9 Å². The van der Waals surface area contributed by atoms with Gasteiger partial charge in [0.15, 0.2) is 0 Å². The van der Waals surface area contributed by atoms with Crippen LogP contribution >= 0.6 is 0 Å². The van der Waals surface area contributed by atoms with Gasteiger partial charge in [-0.15, -0.1) is 0 Å². The Labute approximate surface area is 200 Å². The number of carbonyl (C=O) groups excluding carboxylic acids is 2. The first kappa shape index (κ1) is 24.9. The third-order valence-electron chi connectivity index (χ3n) is 5.83. The van der Waals surface area contributed by atoms with Gasteiger partial charge in [-0.25, -0.2) is 4.79 Å². The Hall–Kier alpha value is -3.73. The van der Waals surface area contributed by atoms with Gasteiger partial charge in [0.2, 0.25) is 5.91 Å². The van der Waals surface area contributed by atoms with Crippen LogP contribution in [0.1, 0.15) is 43.7 Å². The highest BCUT2D eigenvalue weighted by atomic mass is 16.4. The number of carbonyl (C=O) groups is 3. The summed E-state index contributed by atoms with van der Waals surface area (Å²) in [4.78, 5) is 37.3. The van der Waals surface area contributed by atoms with E-state index in [4.69, 9.17) is 0 Å². The molecule has 0 fully saturated rings. The quantitative estimate of drug-likeness (QED) is 0.385. The average molecular weight is 458 g/mol. The number of benzene rings is 3. The molecule has 3 aromatic carbocycles. The molecule has 0 heterocycles. The molecule has 5 nitrogen and oxygen atoms in total. The molecule has 0 aromatic heterocycles. The number of rotatable bonds is 11. The zero-order chi connectivity index (χ0) is 24.5. The summed E-state index contributed by atoms with van der Waals surface area (Å²) in [7, 11) is 0. The third kappa shape index (κ3) is 6.88. The van der Waals surface area contributed by atoms with Crippen molar-refractivity contribution in [3.05, 3.63) is 96.1 Å². The van der Waals surface area contributed by atoms with Gasteiger partial charge < -0.3 is 10.4 Å². The van der Waals surface area contributed by atoms with Crippen molar-refractivity contribution in [3.8, 4) is 11.1 Å². The Bertz CT molecular complexity index is 1110. The Morgan fingerprint density at radius 2 is 1.44 bits per heavy atom. The van der Waals surface area contributed by atoms with Crippen LogP contribution < -0.4 is 5.32 Å². The Morgan fingerprint density at radius 3 is 2.06 bits per heavy atom. The van der Waals surface area contributed by atoms with E-state index in [1.165, 1.54) is 0 Å². The van der Waals surface area contributed by atoms with E-state index in [-0.39, 0.29) is 18.2 Å². The summed E-state index contributed by atoms with van der Waals surface area (Å²) in [6.45, 7) is 4.08. The molecular weight excluding hydrogens is 426 g/mol. The second kappa shape index (κ2) is 11.9. The molecule has 5 heteroatoms. The summed E-state index contributed by atoms with van der Waals surface area (Å²) in [5.41, 5.74) is 3.88. The molecule has 0 aliphatic heterocycles. The van der Waals surface area contributed by atoms with Crippen molar-refractivity contribution >= 4 is 17.7 Å². The van der Waals surface area contributed by atoms with E-state index in [2.05, 4.69) is 5.32 Å². The van der Waals surface area contributed by atoms with Gasteiger partial charge in [0, 0.05) is 0 Å². The summed E-state index contributed by atoms with van der Waals surface area (Å²) < 4.78 is 0. The van der Waals surface area contributed by atoms with Crippen molar-refractivity contribution in [2.75, 3.05) is 0 Å². The molecular formula is C29H31NO4. The van der Waals surface area contributed by atoms with Gasteiger partial charge in [-0.3, -0.25) is 9.59 Å². The lowest BCUT2D eigenvalue weighted by atomic mass is 9.87. The predicted molar refractivity (Wildman–Crippen MR) is 133 cm³/mol. The van der Waals surface area contributed by atoms with E-state index in [1.807, 2.05) is 98.8 Å². The molecule has 0 radical (unpaired) electrons. The molecule has 176 valence electrons. The van der Waals surface area contributed by atoms with Crippen molar-refractivity contribution < 1.29 is 19.5 Å². The minimum absolute atomic E-state index is 0.222. The molecule has 2 N–H and O–H groups in total. The Kier molecular flexibility index (Phi) is 8.74. The predicted octanol–water partition coefficient (Wildman–Crippen LogP) is 5.25. The highest BCUT2D eigenvalue weighted by Crippen LogP contribution is 2.29. The lowest BCUT2D eigenvalue weighted by molar-refractivity contribution is -0.150. The van der Waals surface area contributed by atoms with Gasteiger partial charge in [-0.2, -0.15) is 0 Å². The third-order valence-corrected chi connectivity index (χ3v) is 5.83. The number of ketones is 1. The summed E-state index contributed by atoms with van der Waals surface area (Å²) in [6.07, 6.45) is 1.29. The van der Waals surface area contributed by atoms with Crippen LogP contribution in [0.4, 0.5) is 0 Å². The standard InChI is InChI=1S/C29H31NO4/c1-20(2)18-25(24-15-9-14-23(19-24)22-12-7-4-8-13-22)28(32)30-26(27(31)29(33)34)17-16-21-10-5-3-6-11-21/h3-15,19-20,25-26H,16-18H2,1-2H3,(H,30,32)(H,33,34). The molecule has 0 bridgehead atoms. The highest BCUT2D eigenvalue weighted by molar-refractivity contribution is 6.35. The average Bonchev–Trinajstić information content (AvgIpc) is 2.85. The maximum absolute atomic E-state index is 13.4. The molecule has 0 aliphatic rings. The molecule has 2 atom stereocenters. The summed E-state index contributed by atoms with van der Waals surface area (Å²) in [5, 5.41) is 12.1. The zero-order valence-corrected chi connectivity index (χ0v) is 19.6. The van der Waals surface area contributed by atoms with Crippen molar-refractivity contribution in [1.82, 2.24) is 5.32 Å². The first-order valence-corrected chi connectivity index (χ1v) is 11.6. The smallest absolute Gasteiger partial charge is 0.374 e. The van der Waals surface area contributed by atoms with Gasteiger partial charge >= 0.3 is 5.97 Å². The monoisotopic (exact) mass is 457 g/mol. The fourth-order valence-electron chi connectivity index (χ4n) is 4.08. The van der Waals surface area contributed by atoms with Crippen LogP contribution in [-0.4, -0.2) is 28.8 Å². The Balaban J connectivity index is 1.84. The minimum Gasteiger partial charge on any atom is -0.475 e. The van der Waals surface area contributed by atoms with E-state index >= 15 is 0 Å². The van der Waals surface area contributed by atoms with Crippen LogP contribution in [0.2, 0.25) is 0 Å². The largest absolute Gasteiger partial charge is 0.475 e. The first-order valence-electron chi connectivity index (χ1n) is 11.6. The molecule has 3 aromatic rings. The molecule has 34 heavy (non-hydrogen) atoms. The molecule has 0 saturated carbocycles. The van der Waals surface area contributed by atoms with Crippen molar-refractivity contribution in [3.63, 3.8) is 0 Å². The number of amides is 1. The molecule has 0 aliphatic carbocycles. The number of hydrogen-bond acceptors (Lipinski definition) is 3. The van der Waals surface area contributed by atoms with Crippen molar-refractivity contribution in [2.24, 2.45) is 5.92 Å². The molecule has 1 amide bonds. The summed E-state index contributed by atoms with van der Waals surface area (Å²) in [6, 6.07) is 26.2. The number of hydrogen-bond donors (Lipinski definition) is 2. The number of aryl methyl sites for hydroxylation is 1. The van der Waals surface area contributed by atoms with Crippen molar-refractivity contribution in [1.29, 1.82) is 0 Å².